The van der Waals surface area contributed by atoms with Crippen LogP contribution >= 0.6 is 0 Å². The highest BCUT2D eigenvalue weighted by Crippen LogP contribution is 2.05. The van der Waals surface area contributed by atoms with Crippen molar-refractivity contribution in [1.82, 2.24) is 14.9 Å². The zero-order valence-electron chi connectivity index (χ0n) is 10.7. The molecule has 3 aromatic rings. The van der Waals surface area contributed by atoms with E-state index in [0.29, 0.717) is 12.3 Å². The summed E-state index contributed by atoms with van der Waals surface area (Å²) in [6.07, 6.45) is 6.50. The van der Waals surface area contributed by atoms with Crippen molar-refractivity contribution in [2.24, 2.45) is 0 Å². The Morgan fingerprint density at radius 1 is 1.35 bits per heavy atom. The SMILES string of the molecule is O=C(/C=C/c1ccco1)NCc1cc2ccccn2n1. The normalized spacial score (nSPS) is 11.2. The van der Waals surface area contributed by atoms with Crippen LogP contribution in [-0.4, -0.2) is 15.5 Å². The molecule has 0 fully saturated rings. The molecule has 1 amide bonds. The number of hydrogen-bond donors (Lipinski definition) is 1. The van der Waals surface area contributed by atoms with Crippen molar-refractivity contribution in [3.05, 3.63) is 66.4 Å². The second-order valence-corrected chi connectivity index (χ2v) is 4.27. The fourth-order valence-electron chi connectivity index (χ4n) is 1.86. The Morgan fingerprint density at radius 3 is 3.10 bits per heavy atom. The number of carbonyl (C=O) groups is 1. The first kappa shape index (κ1) is 12.2. The summed E-state index contributed by atoms with van der Waals surface area (Å²) in [5.74, 6) is 0.464. The minimum atomic E-state index is -0.182. The van der Waals surface area contributed by atoms with E-state index in [1.54, 1.807) is 29.0 Å². The van der Waals surface area contributed by atoms with Crippen molar-refractivity contribution in [1.29, 1.82) is 0 Å². The minimum absolute atomic E-state index is 0.182. The molecule has 0 radical (unpaired) electrons. The van der Waals surface area contributed by atoms with E-state index in [9.17, 15) is 4.79 Å². The van der Waals surface area contributed by atoms with Gasteiger partial charge in [-0.3, -0.25) is 4.79 Å². The lowest BCUT2D eigenvalue weighted by molar-refractivity contribution is -0.116. The first-order valence-electron chi connectivity index (χ1n) is 6.24. The van der Waals surface area contributed by atoms with Crippen molar-refractivity contribution >= 4 is 17.5 Å². The molecule has 5 nitrogen and oxygen atoms in total. The molecule has 100 valence electrons. The lowest BCUT2D eigenvalue weighted by Gasteiger charge is -1.97. The average molecular weight is 267 g/mol. The van der Waals surface area contributed by atoms with Gasteiger partial charge >= 0.3 is 0 Å². The molecule has 0 atom stereocenters. The molecule has 3 aromatic heterocycles. The maximum atomic E-state index is 11.7. The van der Waals surface area contributed by atoms with Crippen molar-refractivity contribution in [3.8, 4) is 0 Å². The third kappa shape index (κ3) is 2.77. The number of rotatable bonds is 4. The molecule has 3 rings (SSSR count). The van der Waals surface area contributed by atoms with E-state index in [2.05, 4.69) is 10.4 Å². The highest BCUT2D eigenvalue weighted by atomic mass is 16.3. The molecule has 0 unspecified atom stereocenters. The van der Waals surface area contributed by atoms with Crippen LogP contribution < -0.4 is 5.32 Å². The smallest absolute Gasteiger partial charge is 0.244 e. The van der Waals surface area contributed by atoms with Gasteiger partial charge in [-0.2, -0.15) is 5.10 Å². The molecule has 0 bridgehead atoms. The van der Waals surface area contributed by atoms with Gasteiger partial charge in [0.2, 0.25) is 5.91 Å². The van der Waals surface area contributed by atoms with Crippen molar-refractivity contribution in [3.63, 3.8) is 0 Å². The Bertz CT molecular complexity index is 708. The number of carbonyl (C=O) groups excluding carboxylic acids is 1. The molecule has 20 heavy (non-hydrogen) atoms. The summed E-state index contributed by atoms with van der Waals surface area (Å²) in [7, 11) is 0. The number of furan rings is 1. The summed E-state index contributed by atoms with van der Waals surface area (Å²) in [5, 5.41) is 7.13. The maximum absolute atomic E-state index is 11.7. The highest BCUT2D eigenvalue weighted by molar-refractivity contribution is 5.91. The second kappa shape index (κ2) is 5.44. The number of fused-ring (bicyclic) bond motifs is 1. The quantitative estimate of drug-likeness (QED) is 0.738. The van der Waals surface area contributed by atoms with Crippen molar-refractivity contribution < 1.29 is 9.21 Å². The van der Waals surface area contributed by atoms with Crippen molar-refractivity contribution in [2.75, 3.05) is 0 Å². The van der Waals surface area contributed by atoms with Gasteiger partial charge in [0.25, 0.3) is 0 Å². The number of nitrogens with zero attached hydrogens (tertiary/aromatic N) is 2. The summed E-state index contributed by atoms with van der Waals surface area (Å²) in [4.78, 5) is 11.7. The second-order valence-electron chi connectivity index (χ2n) is 4.27. The average Bonchev–Trinajstić information content (AvgIpc) is 3.11. The van der Waals surface area contributed by atoms with Gasteiger partial charge in [0, 0.05) is 12.3 Å². The largest absolute Gasteiger partial charge is 0.465 e. The lowest BCUT2D eigenvalue weighted by atomic mass is 10.3. The van der Waals surface area contributed by atoms with Crippen LogP contribution in [0.3, 0.4) is 0 Å². The topological polar surface area (TPSA) is 59.5 Å². The Morgan fingerprint density at radius 2 is 2.30 bits per heavy atom. The Hall–Kier alpha value is -2.82. The lowest BCUT2D eigenvalue weighted by Crippen LogP contribution is -2.20. The fraction of sp³-hybridized carbons (Fsp3) is 0.0667. The van der Waals surface area contributed by atoms with E-state index in [1.165, 1.54) is 6.08 Å². The van der Waals surface area contributed by atoms with Gasteiger partial charge in [-0.1, -0.05) is 6.07 Å². The summed E-state index contributed by atoms with van der Waals surface area (Å²) < 4.78 is 6.88. The van der Waals surface area contributed by atoms with Gasteiger partial charge in [0.15, 0.2) is 0 Å². The van der Waals surface area contributed by atoms with E-state index in [4.69, 9.17) is 4.42 Å². The van der Waals surface area contributed by atoms with E-state index in [0.717, 1.165) is 11.2 Å². The molecular formula is C15H13N3O2. The summed E-state index contributed by atoms with van der Waals surface area (Å²) in [5.41, 5.74) is 1.82. The zero-order valence-corrected chi connectivity index (χ0v) is 10.7. The third-order valence-corrected chi connectivity index (χ3v) is 2.81. The van der Waals surface area contributed by atoms with Gasteiger partial charge in [-0.25, -0.2) is 4.52 Å². The van der Waals surface area contributed by atoms with Gasteiger partial charge < -0.3 is 9.73 Å². The predicted octanol–water partition coefficient (Wildman–Crippen LogP) is 2.26. The third-order valence-electron chi connectivity index (χ3n) is 2.81. The van der Waals surface area contributed by atoms with Crippen LogP contribution in [0.1, 0.15) is 11.5 Å². The first-order chi connectivity index (χ1) is 9.81. The molecule has 0 saturated carbocycles. The molecule has 0 saturated heterocycles. The molecule has 0 aliphatic carbocycles. The molecule has 0 aliphatic rings. The van der Waals surface area contributed by atoms with Gasteiger partial charge in [0.05, 0.1) is 24.0 Å². The highest BCUT2D eigenvalue weighted by Gasteiger charge is 2.02. The van der Waals surface area contributed by atoms with E-state index in [1.807, 2.05) is 30.5 Å². The minimum Gasteiger partial charge on any atom is -0.465 e. The van der Waals surface area contributed by atoms with Crippen LogP contribution in [-0.2, 0) is 11.3 Å². The fourth-order valence-corrected chi connectivity index (χ4v) is 1.86. The number of amides is 1. The molecule has 0 spiro atoms. The van der Waals surface area contributed by atoms with Crippen LogP contribution in [0.2, 0.25) is 0 Å². The Kier molecular flexibility index (Phi) is 3.33. The van der Waals surface area contributed by atoms with Crippen LogP contribution in [0.5, 0.6) is 0 Å². The molecule has 0 aliphatic heterocycles. The number of aromatic nitrogens is 2. The zero-order chi connectivity index (χ0) is 13.8. The van der Waals surface area contributed by atoms with Crippen LogP contribution in [0.25, 0.3) is 11.6 Å². The number of nitrogens with one attached hydrogen (secondary N) is 1. The molecular weight excluding hydrogens is 254 g/mol. The Labute approximate surface area is 115 Å². The molecule has 5 heteroatoms. The summed E-state index contributed by atoms with van der Waals surface area (Å²) >= 11 is 0. The van der Waals surface area contributed by atoms with Crippen LogP contribution in [0.15, 0.2) is 59.4 Å². The standard InChI is InChI=1S/C15H13N3O2/c19-15(7-6-14-5-3-9-20-14)16-11-12-10-13-4-1-2-8-18(13)17-12/h1-10H,11H2,(H,16,19)/b7-6+. The maximum Gasteiger partial charge on any atom is 0.244 e. The predicted molar refractivity (Wildman–Crippen MR) is 74.8 cm³/mol. The monoisotopic (exact) mass is 267 g/mol. The van der Waals surface area contributed by atoms with E-state index >= 15 is 0 Å². The number of hydrogen-bond acceptors (Lipinski definition) is 3. The van der Waals surface area contributed by atoms with Gasteiger partial charge in [-0.15, -0.1) is 0 Å². The van der Waals surface area contributed by atoms with E-state index in [-0.39, 0.29) is 5.91 Å². The number of pyridine rings is 1. The first-order valence-corrected chi connectivity index (χ1v) is 6.24. The van der Waals surface area contributed by atoms with E-state index < -0.39 is 0 Å². The van der Waals surface area contributed by atoms with Crippen LogP contribution in [0, 0.1) is 0 Å². The summed E-state index contributed by atoms with van der Waals surface area (Å²) in [6.45, 7) is 0.392. The van der Waals surface area contributed by atoms with Crippen molar-refractivity contribution in [2.45, 2.75) is 6.54 Å². The molecule has 0 aromatic carbocycles. The van der Waals surface area contributed by atoms with Gasteiger partial charge in [0.1, 0.15) is 5.76 Å². The molecule has 1 N–H and O–H groups in total. The molecule has 3 heterocycles. The Balaban J connectivity index is 1.60. The summed E-state index contributed by atoms with van der Waals surface area (Å²) in [6, 6.07) is 11.3. The van der Waals surface area contributed by atoms with Crippen LogP contribution in [0.4, 0.5) is 0 Å². The van der Waals surface area contributed by atoms with Gasteiger partial charge in [-0.05, 0) is 36.4 Å².